The van der Waals surface area contributed by atoms with Crippen LogP contribution in [-0.4, -0.2) is 17.0 Å². The lowest BCUT2D eigenvalue weighted by Crippen LogP contribution is -2.49. The molecule has 2 aromatic carbocycles. The van der Waals surface area contributed by atoms with Gasteiger partial charge < -0.3 is 9.84 Å². The van der Waals surface area contributed by atoms with E-state index in [-0.39, 0.29) is 11.9 Å². The molecule has 1 aliphatic carbocycles. The Morgan fingerprint density at radius 1 is 1.00 bits per heavy atom. The predicted octanol–water partition coefficient (Wildman–Crippen LogP) is 3.60. The van der Waals surface area contributed by atoms with Crippen molar-refractivity contribution in [2.75, 3.05) is 0 Å². The maximum atomic E-state index is 12.8. The molecule has 0 heterocycles. The van der Waals surface area contributed by atoms with Gasteiger partial charge in [-0.2, -0.15) is 0 Å². The van der Waals surface area contributed by atoms with E-state index in [9.17, 15) is 9.90 Å². The largest absolute Gasteiger partial charge is 0.491 e. The van der Waals surface area contributed by atoms with Crippen LogP contribution in [0.2, 0.25) is 0 Å². The third-order valence-electron chi connectivity index (χ3n) is 4.00. The summed E-state index contributed by atoms with van der Waals surface area (Å²) in [7, 11) is 0. The van der Waals surface area contributed by atoms with Gasteiger partial charge in [-0.3, -0.25) is 4.79 Å². The molecule has 1 N–H and O–H groups in total. The summed E-state index contributed by atoms with van der Waals surface area (Å²) in [6.07, 6.45) is -0.131. The predicted molar refractivity (Wildman–Crippen MR) is 89.7 cm³/mol. The summed E-state index contributed by atoms with van der Waals surface area (Å²) in [4.78, 5) is 12.8. The first-order valence-electron chi connectivity index (χ1n) is 7.75. The molecule has 0 radical (unpaired) electrons. The molecule has 2 aromatic rings. The lowest BCUT2D eigenvalue weighted by Gasteiger charge is -2.40. The van der Waals surface area contributed by atoms with Gasteiger partial charge in [-0.25, -0.2) is 0 Å². The fourth-order valence-electron chi connectivity index (χ4n) is 2.81. The van der Waals surface area contributed by atoms with Crippen LogP contribution >= 0.6 is 0 Å². The smallest absolute Gasteiger partial charge is 0.211 e. The topological polar surface area (TPSA) is 46.5 Å². The summed E-state index contributed by atoms with van der Waals surface area (Å²) in [5.74, 6) is 0.0238. The van der Waals surface area contributed by atoms with E-state index in [0.717, 1.165) is 11.1 Å². The first kappa shape index (κ1) is 15.5. The number of hydrogen-bond donors (Lipinski definition) is 1. The molecule has 3 rings (SSSR count). The van der Waals surface area contributed by atoms with Crippen molar-refractivity contribution >= 4 is 11.4 Å². The van der Waals surface area contributed by atoms with Crippen LogP contribution in [0, 0.1) is 6.92 Å². The number of aryl methyl sites for hydroxylation is 1. The van der Waals surface area contributed by atoms with E-state index in [1.54, 1.807) is 12.1 Å². The highest BCUT2D eigenvalue weighted by molar-refractivity contribution is 6.33. The van der Waals surface area contributed by atoms with E-state index >= 15 is 0 Å². The number of ether oxygens (including phenoxy) is 1. The van der Waals surface area contributed by atoms with Crippen molar-refractivity contribution in [3.63, 3.8) is 0 Å². The summed E-state index contributed by atoms with van der Waals surface area (Å²) >= 11 is 0. The third-order valence-corrected chi connectivity index (χ3v) is 4.00. The monoisotopic (exact) mass is 308 g/mol. The minimum absolute atomic E-state index is 0.131. The van der Waals surface area contributed by atoms with Gasteiger partial charge in [0.25, 0.3) is 0 Å². The SMILES string of the molecule is Cc1ccc(C2(O)C(=O)C(c3ccccc3)=C2OC(C)C)cc1. The first-order chi connectivity index (χ1) is 10.9. The number of carbonyl (C=O) groups is 1. The molecular weight excluding hydrogens is 288 g/mol. The molecule has 0 amide bonds. The van der Waals surface area contributed by atoms with E-state index in [1.165, 1.54) is 0 Å². The molecule has 1 aliphatic rings. The zero-order valence-electron chi connectivity index (χ0n) is 13.5. The number of Topliss-reactive ketones (excluding diaryl/α,β-unsaturated/α-hetero) is 1. The number of rotatable bonds is 4. The maximum absolute atomic E-state index is 12.8. The molecule has 1 unspecified atom stereocenters. The fraction of sp³-hybridized carbons (Fsp3) is 0.250. The Kier molecular flexibility index (Phi) is 3.82. The highest BCUT2D eigenvalue weighted by Crippen LogP contribution is 2.48. The van der Waals surface area contributed by atoms with Crippen molar-refractivity contribution < 1.29 is 14.6 Å². The van der Waals surface area contributed by atoms with Gasteiger partial charge in [0.15, 0.2) is 5.76 Å². The van der Waals surface area contributed by atoms with Gasteiger partial charge in [0, 0.05) is 0 Å². The lowest BCUT2D eigenvalue weighted by molar-refractivity contribution is -0.138. The van der Waals surface area contributed by atoms with Crippen molar-refractivity contribution in [1.82, 2.24) is 0 Å². The number of benzene rings is 2. The van der Waals surface area contributed by atoms with Gasteiger partial charge in [-0.15, -0.1) is 0 Å². The third kappa shape index (κ3) is 2.47. The molecule has 3 nitrogen and oxygen atoms in total. The molecule has 0 fully saturated rings. The molecule has 0 spiro atoms. The van der Waals surface area contributed by atoms with Crippen molar-refractivity contribution in [1.29, 1.82) is 0 Å². The molecule has 23 heavy (non-hydrogen) atoms. The Morgan fingerprint density at radius 2 is 1.61 bits per heavy atom. The minimum atomic E-state index is -1.69. The standard InChI is InChI=1S/C20H20O3/c1-13(2)23-19-17(15-7-5-4-6-8-15)18(21)20(19,22)16-11-9-14(3)10-12-16/h4-13,22H,1-3H3. The number of ketones is 1. The maximum Gasteiger partial charge on any atom is 0.211 e. The molecule has 118 valence electrons. The Labute approximate surface area is 136 Å². The summed E-state index contributed by atoms with van der Waals surface area (Å²) in [5, 5.41) is 11.0. The summed E-state index contributed by atoms with van der Waals surface area (Å²) in [6, 6.07) is 16.6. The summed E-state index contributed by atoms with van der Waals surface area (Å²) in [5.41, 5.74) is 1.15. The molecule has 0 bridgehead atoms. The van der Waals surface area contributed by atoms with Crippen molar-refractivity contribution in [2.45, 2.75) is 32.5 Å². The Hall–Kier alpha value is -2.39. The molecule has 1 atom stereocenters. The van der Waals surface area contributed by atoms with E-state index in [0.29, 0.717) is 16.9 Å². The fourth-order valence-corrected chi connectivity index (χ4v) is 2.81. The lowest BCUT2D eigenvalue weighted by atomic mass is 9.70. The minimum Gasteiger partial charge on any atom is -0.491 e. The van der Waals surface area contributed by atoms with Gasteiger partial charge in [0.05, 0.1) is 11.7 Å². The number of hydrogen-bond acceptors (Lipinski definition) is 3. The Balaban J connectivity index is 2.13. The van der Waals surface area contributed by atoms with E-state index in [1.807, 2.05) is 63.2 Å². The van der Waals surface area contributed by atoms with Crippen LogP contribution in [0.3, 0.4) is 0 Å². The van der Waals surface area contributed by atoms with Gasteiger partial charge in [0.2, 0.25) is 11.4 Å². The average Bonchev–Trinajstić information content (AvgIpc) is 2.55. The molecule has 0 saturated carbocycles. The van der Waals surface area contributed by atoms with Crippen molar-refractivity contribution in [2.24, 2.45) is 0 Å². The van der Waals surface area contributed by atoms with Crippen molar-refractivity contribution in [3.8, 4) is 0 Å². The Morgan fingerprint density at radius 3 is 2.17 bits per heavy atom. The molecule has 0 aromatic heterocycles. The zero-order valence-corrected chi connectivity index (χ0v) is 13.5. The second-order valence-electron chi connectivity index (χ2n) is 6.14. The molecular formula is C20H20O3. The highest BCUT2D eigenvalue weighted by Gasteiger charge is 2.56. The quantitative estimate of drug-likeness (QED) is 0.938. The normalized spacial score (nSPS) is 20.7. The molecule has 0 saturated heterocycles. The number of aliphatic hydroxyl groups is 1. The zero-order chi connectivity index (χ0) is 16.6. The van der Waals surface area contributed by atoms with Crippen LogP contribution in [0.1, 0.15) is 30.5 Å². The second kappa shape index (κ2) is 5.67. The van der Waals surface area contributed by atoms with Crippen LogP contribution in [0.15, 0.2) is 60.4 Å². The van der Waals surface area contributed by atoms with E-state index in [4.69, 9.17) is 4.74 Å². The van der Waals surface area contributed by atoms with Crippen LogP contribution in [0.25, 0.3) is 5.57 Å². The van der Waals surface area contributed by atoms with Crippen LogP contribution < -0.4 is 0 Å². The van der Waals surface area contributed by atoms with E-state index in [2.05, 4.69) is 0 Å². The van der Waals surface area contributed by atoms with Gasteiger partial charge in [0.1, 0.15) is 0 Å². The van der Waals surface area contributed by atoms with Gasteiger partial charge >= 0.3 is 0 Å². The van der Waals surface area contributed by atoms with Crippen LogP contribution in [0.4, 0.5) is 0 Å². The highest BCUT2D eigenvalue weighted by atomic mass is 16.5. The first-order valence-corrected chi connectivity index (χ1v) is 7.75. The Bertz CT molecular complexity index is 757. The van der Waals surface area contributed by atoms with Crippen LogP contribution in [0.5, 0.6) is 0 Å². The summed E-state index contributed by atoms with van der Waals surface area (Å²) in [6.45, 7) is 5.73. The second-order valence-corrected chi connectivity index (χ2v) is 6.14. The summed E-state index contributed by atoms with van der Waals surface area (Å²) < 4.78 is 5.83. The van der Waals surface area contributed by atoms with Gasteiger partial charge in [-0.1, -0.05) is 60.2 Å². The molecule has 3 heteroatoms. The molecule has 0 aliphatic heterocycles. The van der Waals surface area contributed by atoms with Crippen molar-refractivity contribution in [3.05, 3.63) is 77.0 Å². The van der Waals surface area contributed by atoms with Crippen LogP contribution in [-0.2, 0) is 15.1 Å². The average molecular weight is 308 g/mol. The van der Waals surface area contributed by atoms with E-state index < -0.39 is 5.60 Å². The number of carbonyl (C=O) groups excluding carboxylic acids is 1. The van der Waals surface area contributed by atoms with Gasteiger partial charge in [-0.05, 0) is 31.9 Å².